The van der Waals surface area contributed by atoms with Crippen LogP contribution >= 0.6 is 0 Å². The van der Waals surface area contributed by atoms with Crippen LogP contribution in [0.25, 0.3) is 11.1 Å². The fourth-order valence-electron chi connectivity index (χ4n) is 7.23. The first-order valence-electron chi connectivity index (χ1n) is 12.6. The van der Waals surface area contributed by atoms with E-state index in [1.165, 1.54) is 4.57 Å². The molecule has 5 fully saturated rings. The summed E-state index contributed by atoms with van der Waals surface area (Å²) in [4.78, 5) is 48.0. The maximum absolute atomic E-state index is 13.1. The molecule has 35 heavy (non-hydrogen) atoms. The number of carbonyl (C=O) groups is 2. The molecule has 3 heterocycles. The number of amides is 2. The molecule has 1 saturated heterocycles. The number of ether oxygens (including phenoxy) is 1. The Morgan fingerprint density at radius 2 is 1.83 bits per heavy atom. The summed E-state index contributed by atoms with van der Waals surface area (Å²) >= 11 is 0. The van der Waals surface area contributed by atoms with Crippen molar-refractivity contribution in [3.63, 3.8) is 0 Å². The quantitative estimate of drug-likeness (QED) is 0.722. The van der Waals surface area contributed by atoms with Gasteiger partial charge in [-0.15, -0.1) is 0 Å². The lowest BCUT2D eigenvalue weighted by Crippen LogP contribution is -2.59. The zero-order chi connectivity index (χ0) is 24.3. The van der Waals surface area contributed by atoms with E-state index in [9.17, 15) is 14.4 Å². The van der Waals surface area contributed by atoms with Crippen molar-refractivity contribution >= 4 is 12.0 Å². The maximum atomic E-state index is 13.1. The number of primary amides is 1. The van der Waals surface area contributed by atoms with Crippen molar-refractivity contribution in [1.29, 1.82) is 0 Å². The number of hydrogen-bond acceptors (Lipinski definition) is 6. The molecule has 5 aliphatic rings. The first kappa shape index (κ1) is 22.2. The number of nitrogens with zero attached hydrogens (tertiary/aromatic N) is 4. The molecule has 9 heteroatoms. The van der Waals surface area contributed by atoms with Gasteiger partial charge in [0.1, 0.15) is 11.9 Å². The van der Waals surface area contributed by atoms with Gasteiger partial charge >= 0.3 is 6.09 Å². The number of nitrogens with two attached hydrogens (primary N) is 1. The Balaban J connectivity index is 1.09. The minimum absolute atomic E-state index is 0.0527. The molecule has 4 aliphatic carbocycles. The normalized spacial score (nSPS) is 33.2. The predicted molar refractivity (Wildman–Crippen MR) is 127 cm³/mol. The number of aromatic nitrogens is 3. The second-order valence-electron chi connectivity index (χ2n) is 11.1. The van der Waals surface area contributed by atoms with Crippen molar-refractivity contribution < 1.29 is 14.3 Å². The number of hydrogen-bond donors (Lipinski definition) is 1. The highest BCUT2D eigenvalue weighted by atomic mass is 16.6. The van der Waals surface area contributed by atoms with Crippen molar-refractivity contribution in [2.24, 2.45) is 36.0 Å². The second kappa shape index (κ2) is 8.17. The molecule has 4 saturated carbocycles. The Morgan fingerprint density at radius 3 is 2.49 bits per heavy atom. The monoisotopic (exact) mass is 477 g/mol. The van der Waals surface area contributed by atoms with Crippen LogP contribution in [0.2, 0.25) is 0 Å². The molecule has 4 bridgehead atoms. The average molecular weight is 478 g/mol. The highest BCUT2D eigenvalue weighted by Crippen LogP contribution is 2.60. The summed E-state index contributed by atoms with van der Waals surface area (Å²) in [5.41, 5.74) is 6.89. The smallest absolute Gasteiger partial charge is 0.410 e. The standard InChI is InChI=1S/C26H31N5O4/c1-30-4-2-16(8-21(30)32)20-12-28-23(29-13-20)17-3-5-31(14-17)25(34)35-22-18-6-15-7-19(22)11-26(9-15,10-18)24(27)33/h2,4,8,12-13,15,17-19,22H,3,5-7,9-11,14H2,1H3,(H2,27,33)/t15?,17?,18-,19-,22?,26?/m1/s1. The van der Waals surface area contributed by atoms with E-state index in [4.69, 9.17) is 10.5 Å². The van der Waals surface area contributed by atoms with Gasteiger partial charge in [-0.1, -0.05) is 0 Å². The van der Waals surface area contributed by atoms with Crippen LogP contribution in [-0.2, 0) is 16.6 Å². The van der Waals surface area contributed by atoms with E-state index in [0.29, 0.717) is 24.8 Å². The van der Waals surface area contributed by atoms with E-state index >= 15 is 0 Å². The molecule has 7 rings (SSSR count). The number of carbonyl (C=O) groups excluding carboxylic acids is 2. The molecule has 9 nitrogen and oxygen atoms in total. The first-order chi connectivity index (χ1) is 16.8. The van der Waals surface area contributed by atoms with Crippen molar-refractivity contribution in [2.75, 3.05) is 13.1 Å². The van der Waals surface area contributed by atoms with Gasteiger partial charge in [0, 0.05) is 56.3 Å². The molecule has 2 aromatic heterocycles. The molecule has 1 unspecified atom stereocenters. The molecule has 1 aliphatic heterocycles. The summed E-state index contributed by atoms with van der Waals surface area (Å²) in [5, 5.41) is 0. The fourth-order valence-corrected chi connectivity index (χ4v) is 7.23. The largest absolute Gasteiger partial charge is 0.446 e. The van der Waals surface area contributed by atoms with Gasteiger partial charge in [0.15, 0.2) is 0 Å². The summed E-state index contributed by atoms with van der Waals surface area (Å²) in [5.74, 6) is 1.58. The van der Waals surface area contributed by atoms with E-state index in [1.807, 2.05) is 6.07 Å². The van der Waals surface area contributed by atoms with Crippen molar-refractivity contribution in [3.8, 4) is 11.1 Å². The molecule has 2 amide bonds. The van der Waals surface area contributed by atoms with Gasteiger partial charge in [-0.25, -0.2) is 14.8 Å². The van der Waals surface area contributed by atoms with Crippen LogP contribution in [-0.4, -0.2) is 50.6 Å². The van der Waals surface area contributed by atoms with Crippen LogP contribution < -0.4 is 11.3 Å². The zero-order valence-corrected chi connectivity index (χ0v) is 19.9. The topological polar surface area (TPSA) is 120 Å². The molecule has 2 N–H and O–H groups in total. The Hall–Kier alpha value is -3.23. The Kier molecular flexibility index (Phi) is 5.19. The van der Waals surface area contributed by atoms with E-state index in [1.54, 1.807) is 36.6 Å². The van der Waals surface area contributed by atoms with E-state index in [-0.39, 0.29) is 46.8 Å². The van der Waals surface area contributed by atoms with E-state index in [0.717, 1.165) is 49.7 Å². The lowest BCUT2D eigenvalue weighted by Gasteiger charge is -2.58. The van der Waals surface area contributed by atoms with Crippen molar-refractivity contribution in [3.05, 3.63) is 46.9 Å². The molecule has 0 spiro atoms. The Bertz CT molecular complexity index is 1210. The van der Waals surface area contributed by atoms with Crippen LogP contribution in [0.1, 0.15) is 50.3 Å². The second-order valence-corrected chi connectivity index (χ2v) is 11.1. The Labute approximate surface area is 203 Å². The van der Waals surface area contributed by atoms with Gasteiger partial charge in [0.25, 0.3) is 5.56 Å². The van der Waals surface area contributed by atoms with Crippen LogP contribution in [0.15, 0.2) is 35.5 Å². The summed E-state index contributed by atoms with van der Waals surface area (Å²) in [6, 6.07) is 3.43. The van der Waals surface area contributed by atoms with Crippen molar-refractivity contribution in [1.82, 2.24) is 19.4 Å². The minimum Gasteiger partial charge on any atom is -0.446 e. The third kappa shape index (κ3) is 3.81. The molecule has 0 aromatic carbocycles. The van der Waals surface area contributed by atoms with E-state index < -0.39 is 0 Å². The molecule has 184 valence electrons. The average Bonchev–Trinajstić information content (AvgIpc) is 3.33. The van der Waals surface area contributed by atoms with E-state index in [2.05, 4.69) is 9.97 Å². The molecule has 0 radical (unpaired) electrons. The molecular weight excluding hydrogens is 446 g/mol. The van der Waals surface area contributed by atoms with Gasteiger partial charge in [-0.3, -0.25) is 9.59 Å². The molecule has 3 atom stereocenters. The van der Waals surface area contributed by atoms with Crippen LogP contribution in [0.3, 0.4) is 0 Å². The summed E-state index contributed by atoms with van der Waals surface area (Å²) in [7, 11) is 1.71. The summed E-state index contributed by atoms with van der Waals surface area (Å²) in [6.45, 7) is 1.14. The van der Waals surface area contributed by atoms with Gasteiger partial charge in [-0.05, 0) is 67.9 Å². The number of rotatable bonds is 4. The zero-order valence-electron chi connectivity index (χ0n) is 19.9. The highest BCUT2D eigenvalue weighted by Gasteiger charge is 2.59. The Morgan fingerprint density at radius 1 is 1.11 bits per heavy atom. The lowest BCUT2D eigenvalue weighted by atomic mass is 9.48. The lowest BCUT2D eigenvalue weighted by molar-refractivity contribution is -0.161. The summed E-state index contributed by atoms with van der Waals surface area (Å²) < 4.78 is 7.60. The molecule has 2 aromatic rings. The number of aryl methyl sites for hydroxylation is 1. The predicted octanol–water partition coefficient (Wildman–Crippen LogP) is 2.45. The third-order valence-electron chi connectivity index (χ3n) is 8.87. The fraction of sp³-hybridized carbons (Fsp3) is 0.577. The third-order valence-corrected chi connectivity index (χ3v) is 8.87. The van der Waals surface area contributed by atoms with Gasteiger partial charge < -0.3 is 19.9 Å². The minimum atomic E-state index is -0.381. The first-order valence-corrected chi connectivity index (χ1v) is 12.6. The number of likely N-dealkylation sites (tertiary alicyclic amines) is 1. The van der Waals surface area contributed by atoms with Crippen LogP contribution in [0.5, 0.6) is 0 Å². The van der Waals surface area contributed by atoms with Crippen LogP contribution in [0, 0.1) is 23.2 Å². The number of pyridine rings is 1. The van der Waals surface area contributed by atoms with Gasteiger partial charge in [-0.2, -0.15) is 0 Å². The molecular formula is C26H31N5O4. The summed E-state index contributed by atoms with van der Waals surface area (Å²) in [6.07, 6.45) is 10.1. The SMILES string of the molecule is Cn1ccc(-c2cnc(C3CCN(C(=O)OC4[C@@H]5CC6C[C@@H]4CC(C(N)=O)(C6)C5)C3)nc2)cc1=O. The highest BCUT2D eigenvalue weighted by molar-refractivity contribution is 5.81. The van der Waals surface area contributed by atoms with Crippen molar-refractivity contribution in [2.45, 2.75) is 50.5 Å². The maximum Gasteiger partial charge on any atom is 0.410 e. The van der Waals surface area contributed by atoms with Crippen LogP contribution in [0.4, 0.5) is 4.79 Å². The van der Waals surface area contributed by atoms with Gasteiger partial charge in [0.2, 0.25) is 5.91 Å². The van der Waals surface area contributed by atoms with Gasteiger partial charge in [0.05, 0.1) is 5.41 Å².